The summed E-state index contributed by atoms with van der Waals surface area (Å²) in [6.45, 7) is 2.05. The van der Waals surface area contributed by atoms with Crippen molar-refractivity contribution in [1.29, 1.82) is 0 Å². The van der Waals surface area contributed by atoms with Crippen LogP contribution in [-0.2, 0) is 0 Å². The van der Waals surface area contributed by atoms with Crippen molar-refractivity contribution in [2.45, 2.75) is 18.3 Å². The van der Waals surface area contributed by atoms with Crippen LogP contribution in [0, 0.1) is 5.82 Å². The number of nitrogens with one attached hydrogen (secondary N) is 1. The highest BCUT2D eigenvalue weighted by Gasteiger charge is 2.28. The van der Waals surface area contributed by atoms with E-state index in [-0.39, 0.29) is 5.82 Å². The third kappa shape index (κ3) is 2.33. The van der Waals surface area contributed by atoms with Crippen LogP contribution in [-0.4, -0.2) is 13.1 Å². The van der Waals surface area contributed by atoms with Gasteiger partial charge in [0.15, 0.2) is 0 Å². The maximum Gasteiger partial charge on any atom is 0.123 e. The number of hydrogen-bond donors (Lipinski definition) is 1. The van der Waals surface area contributed by atoms with Gasteiger partial charge in [0.05, 0.1) is 0 Å². The van der Waals surface area contributed by atoms with Crippen molar-refractivity contribution in [3.05, 3.63) is 58.0 Å². The molecule has 2 aromatic rings. The van der Waals surface area contributed by atoms with E-state index in [1.807, 2.05) is 23.5 Å². The maximum atomic E-state index is 13.0. The molecular weight excluding hydrogens is 245 g/mol. The molecule has 1 aliphatic heterocycles. The number of hydrogen-bond acceptors (Lipinski definition) is 2. The predicted molar refractivity (Wildman–Crippen MR) is 73.7 cm³/mol. The Morgan fingerprint density at radius 3 is 2.67 bits per heavy atom. The highest BCUT2D eigenvalue weighted by Crippen LogP contribution is 2.39. The van der Waals surface area contributed by atoms with Gasteiger partial charge in [-0.15, -0.1) is 11.3 Å². The molecule has 0 radical (unpaired) electrons. The van der Waals surface area contributed by atoms with Gasteiger partial charge < -0.3 is 5.32 Å². The normalized spacial score (nSPS) is 24.1. The van der Waals surface area contributed by atoms with Crippen molar-refractivity contribution in [1.82, 2.24) is 5.32 Å². The van der Waals surface area contributed by atoms with E-state index >= 15 is 0 Å². The lowest BCUT2D eigenvalue weighted by atomic mass is 9.80. The van der Waals surface area contributed by atoms with Crippen LogP contribution in [0.15, 0.2) is 41.8 Å². The Balaban J connectivity index is 1.90. The second kappa shape index (κ2) is 5.21. The van der Waals surface area contributed by atoms with Crippen molar-refractivity contribution in [2.75, 3.05) is 13.1 Å². The molecule has 2 heterocycles. The molecule has 1 aromatic heterocycles. The molecule has 1 fully saturated rings. The summed E-state index contributed by atoms with van der Waals surface area (Å²) in [6.07, 6.45) is 1.16. The highest BCUT2D eigenvalue weighted by molar-refractivity contribution is 7.10. The minimum atomic E-state index is -0.157. The van der Waals surface area contributed by atoms with Gasteiger partial charge in [0.1, 0.15) is 5.82 Å². The zero-order valence-electron chi connectivity index (χ0n) is 10.1. The van der Waals surface area contributed by atoms with Gasteiger partial charge in [-0.3, -0.25) is 0 Å². The molecule has 0 aliphatic carbocycles. The van der Waals surface area contributed by atoms with E-state index in [4.69, 9.17) is 0 Å². The topological polar surface area (TPSA) is 12.0 Å². The Hall–Kier alpha value is -1.19. The highest BCUT2D eigenvalue weighted by atomic mass is 32.1. The summed E-state index contributed by atoms with van der Waals surface area (Å²) < 4.78 is 13.0. The molecule has 1 nitrogen and oxygen atoms in total. The summed E-state index contributed by atoms with van der Waals surface area (Å²) >= 11 is 1.83. The third-order valence-electron chi connectivity index (χ3n) is 3.69. The Bertz CT molecular complexity index is 492. The van der Waals surface area contributed by atoms with E-state index in [0.29, 0.717) is 11.8 Å². The van der Waals surface area contributed by atoms with Crippen molar-refractivity contribution < 1.29 is 4.39 Å². The van der Waals surface area contributed by atoms with Crippen molar-refractivity contribution in [3.8, 4) is 0 Å². The first-order chi connectivity index (χ1) is 8.84. The van der Waals surface area contributed by atoms with Crippen LogP contribution in [0.25, 0.3) is 0 Å². The Morgan fingerprint density at radius 1 is 1.11 bits per heavy atom. The summed E-state index contributed by atoms with van der Waals surface area (Å²) in [6, 6.07) is 11.3. The van der Waals surface area contributed by atoms with Crippen LogP contribution in [0.1, 0.15) is 28.7 Å². The van der Waals surface area contributed by atoms with Crippen molar-refractivity contribution in [2.24, 2.45) is 0 Å². The first-order valence-corrected chi connectivity index (χ1v) is 7.22. The average Bonchev–Trinajstić information content (AvgIpc) is 2.93. The fraction of sp³-hybridized carbons (Fsp3) is 0.333. The molecule has 1 aromatic carbocycles. The van der Waals surface area contributed by atoms with Gasteiger partial charge in [-0.25, -0.2) is 4.39 Å². The number of halogens is 1. The fourth-order valence-electron chi connectivity index (χ4n) is 2.76. The van der Waals surface area contributed by atoms with E-state index in [2.05, 4.69) is 22.8 Å². The van der Waals surface area contributed by atoms with Gasteiger partial charge in [-0.1, -0.05) is 18.2 Å². The zero-order chi connectivity index (χ0) is 12.4. The van der Waals surface area contributed by atoms with Crippen LogP contribution < -0.4 is 5.32 Å². The third-order valence-corrected chi connectivity index (χ3v) is 4.69. The molecule has 0 saturated carbocycles. The standard InChI is InChI=1S/C15H16FNS/c16-12-5-3-11(4-6-12)14-10-17-8-7-13(14)15-2-1-9-18-15/h1-6,9,13-14,17H,7-8,10H2. The van der Waals surface area contributed by atoms with Gasteiger partial charge in [0.25, 0.3) is 0 Å². The molecule has 2 atom stereocenters. The lowest BCUT2D eigenvalue weighted by Gasteiger charge is -2.32. The molecule has 0 amide bonds. The molecule has 18 heavy (non-hydrogen) atoms. The smallest absolute Gasteiger partial charge is 0.123 e. The maximum absolute atomic E-state index is 13.0. The monoisotopic (exact) mass is 261 g/mol. The number of benzene rings is 1. The van der Waals surface area contributed by atoms with Gasteiger partial charge in [0, 0.05) is 23.3 Å². The number of rotatable bonds is 2. The Labute approximate surface area is 111 Å². The van der Waals surface area contributed by atoms with E-state index in [1.165, 1.54) is 10.4 Å². The quantitative estimate of drug-likeness (QED) is 0.868. The summed E-state index contributed by atoms with van der Waals surface area (Å²) in [5, 5.41) is 5.59. The van der Waals surface area contributed by atoms with E-state index in [9.17, 15) is 4.39 Å². The second-order valence-corrected chi connectivity index (χ2v) is 5.75. The molecule has 94 valence electrons. The Kier molecular flexibility index (Phi) is 3.43. The van der Waals surface area contributed by atoms with Crippen LogP contribution in [0.2, 0.25) is 0 Å². The van der Waals surface area contributed by atoms with Crippen molar-refractivity contribution >= 4 is 11.3 Å². The molecule has 3 heteroatoms. The first kappa shape index (κ1) is 11.9. The van der Waals surface area contributed by atoms with Crippen LogP contribution in [0.5, 0.6) is 0 Å². The van der Waals surface area contributed by atoms with Gasteiger partial charge in [-0.05, 0) is 42.1 Å². The minimum Gasteiger partial charge on any atom is -0.316 e. The number of piperidine rings is 1. The lowest BCUT2D eigenvalue weighted by molar-refractivity contribution is 0.408. The summed E-state index contributed by atoms with van der Waals surface area (Å²) in [7, 11) is 0. The fourth-order valence-corrected chi connectivity index (χ4v) is 3.69. The molecule has 3 rings (SSSR count). The van der Waals surface area contributed by atoms with Crippen molar-refractivity contribution in [3.63, 3.8) is 0 Å². The molecule has 2 unspecified atom stereocenters. The summed E-state index contributed by atoms with van der Waals surface area (Å²) in [5.41, 5.74) is 1.24. The summed E-state index contributed by atoms with van der Waals surface area (Å²) in [5.74, 6) is 0.866. The number of thiophene rings is 1. The Morgan fingerprint density at radius 2 is 1.94 bits per heavy atom. The zero-order valence-corrected chi connectivity index (χ0v) is 10.9. The van der Waals surface area contributed by atoms with Gasteiger partial charge in [-0.2, -0.15) is 0 Å². The SMILES string of the molecule is Fc1ccc(C2CNCCC2c2cccs2)cc1. The molecule has 1 aliphatic rings. The molecular formula is C15H16FNS. The molecule has 1 saturated heterocycles. The van der Waals surface area contributed by atoms with E-state index in [0.717, 1.165) is 19.5 Å². The van der Waals surface area contributed by atoms with Crippen LogP contribution >= 0.6 is 11.3 Å². The van der Waals surface area contributed by atoms with Gasteiger partial charge in [0.2, 0.25) is 0 Å². The lowest BCUT2D eigenvalue weighted by Crippen LogP contribution is -2.33. The first-order valence-electron chi connectivity index (χ1n) is 6.34. The van der Waals surface area contributed by atoms with Crippen LogP contribution in [0.3, 0.4) is 0 Å². The van der Waals surface area contributed by atoms with Crippen LogP contribution in [0.4, 0.5) is 4.39 Å². The predicted octanol–water partition coefficient (Wildman–Crippen LogP) is 3.75. The molecule has 0 spiro atoms. The average molecular weight is 261 g/mol. The minimum absolute atomic E-state index is 0.157. The van der Waals surface area contributed by atoms with Gasteiger partial charge >= 0.3 is 0 Å². The molecule has 1 N–H and O–H groups in total. The largest absolute Gasteiger partial charge is 0.316 e. The van der Waals surface area contributed by atoms with E-state index < -0.39 is 0 Å². The molecule has 0 bridgehead atoms. The second-order valence-electron chi connectivity index (χ2n) is 4.77. The van der Waals surface area contributed by atoms with E-state index in [1.54, 1.807) is 12.1 Å². The summed E-state index contributed by atoms with van der Waals surface area (Å²) in [4.78, 5) is 1.45.